The van der Waals surface area contributed by atoms with Crippen molar-refractivity contribution < 1.29 is 35.9 Å². The SMILES string of the molecule is [B]C1CN(C(=O)OC([B])(C(F)(F)F)C(F)(F)F)CC([B])N1C(C)(C)C. The van der Waals surface area contributed by atoms with Crippen LogP contribution in [0, 0.1) is 0 Å². The number of carbonyl (C=O) groups excluding carboxylic acids is 1. The fourth-order valence-electron chi connectivity index (χ4n) is 2.57. The average molecular weight is 366 g/mol. The van der Waals surface area contributed by atoms with Crippen LogP contribution in [0.25, 0.3) is 0 Å². The van der Waals surface area contributed by atoms with Crippen molar-refractivity contribution in [3.05, 3.63) is 0 Å². The highest BCUT2D eigenvalue weighted by atomic mass is 19.4. The number of alkyl halides is 6. The maximum absolute atomic E-state index is 12.7. The Morgan fingerprint density at radius 3 is 1.60 bits per heavy atom. The van der Waals surface area contributed by atoms with Crippen LogP contribution < -0.4 is 0 Å². The molecule has 0 saturated carbocycles. The fourth-order valence-corrected chi connectivity index (χ4v) is 2.57. The molecular weight excluding hydrogens is 351 g/mol. The van der Waals surface area contributed by atoms with Crippen molar-refractivity contribution in [3.8, 4) is 0 Å². The summed E-state index contributed by atoms with van der Waals surface area (Å²) in [7, 11) is 16.0. The number of rotatable bonds is 1. The average Bonchev–Trinajstić information content (AvgIpc) is 2.32. The number of ether oxygens (including phenoxy) is 1. The third kappa shape index (κ3) is 4.40. The minimum Gasteiger partial charge on any atom is -0.434 e. The lowest BCUT2D eigenvalue weighted by atomic mass is 9.79. The summed E-state index contributed by atoms with van der Waals surface area (Å²) in [6.45, 7) is 4.53. The van der Waals surface area contributed by atoms with Gasteiger partial charge in [-0.1, -0.05) is 0 Å². The number of amides is 1. The lowest BCUT2D eigenvalue weighted by Crippen LogP contribution is -2.67. The molecule has 0 aliphatic carbocycles. The van der Waals surface area contributed by atoms with Crippen molar-refractivity contribution in [2.75, 3.05) is 13.1 Å². The molecule has 2 unspecified atom stereocenters. The number of halogens is 6. The maximum Gasteiger partial charge on any atom is 0.427 e. The molecule has 4 nitrogen and oxygen atoms in total. The maximum atomic E-state index is 12.7. The summed E-state index contributed by atoms with van der Waals surface area (Å²) in [5.41, 5.74) is -5.67. The molecule has 0 aromatic rings. The summed E-state index contributed by atoms with van der Waals surface area (Å²) in [4.78, 5) is 14.0. The van der Waals surface area contributed by atoms with Gasteiger partial charge in [-0.2, -0.15) is 26.3 Å². The van der Waals surface area contributed by atoms with Crippen molar-refractivity contribution in [1.29, 1.82) is 0 Å². The van der Waals surface area contributed by atoms with E-state index in [-0.39, 0.29) is 13.1 Å². The van der Waals surface area contributed by atoms with Crippen molar-refractivity contribution in [2.45, 2.75) is 56.0 Å². The van der Waals surface area contributed by atoms with Crippen molar-refractivity contribution in [2.24, 2.45) is 0 Å². The first-order chi connectivity index (χ1) is 10.9. The minimum atomic E-state index is -6.06. The van der Waals surface area contributed by atoms with Gasteiger partial charge in [0, 0.05) is 18.6 Å². The Kier molecular flexibility index (Phi) is 5.84. The van der Waals surface area contributed by atoms with E-state index in [1.807, 2.05) is 0 Å². The van der Waals surface area contributed by atoms with E-state index < -0.39 is 41.4 Å². The van der Waals surface area contributed by atoms with Crippen LogP contribution in [0.3, 0.4) is 0 Å². The first-order valence-corrected chi connectivity index (χ1v) is 7.11. The Labute approximate surface area is 145 Å². The molecule has 0 spiro atoms. The summed E-state index contributed by atoms with van der Waals surface area (Å²) >= 11 is 0. The molecule has 13 heteroatoms. The quantitative estimate of drug-likeness (QED) is 0.522. The van der Waals surface area contributed by atoms with Gasteiger partial charge in [0.1, 0.15) is 0 Å². The Morgan fingerprint density at radius 1 is 0.960 bits per heavy atom. The van der Waals surface area contributed by atoms with Crippen LogP contribution in [0.5, 0.6) is 0 Å². The lowest BCUT2D eigenvalue weighted by molar-refractivity contribution is -0.331. The molecule has 1 saturated heterocycles. The molecule has 1 aliphatic heterocycles. The number of carbonyl (C=O) groups is 1. The Hall–Kier alpha value is -0.995. The molecular formula is C12H15B3F6N2O2. The summed E-state index contributed by atoms with van der Waals surface area (Å²) in [6, 6.07) is 0. The molecule has 0 aromatic carbocycles. The summed E-state index contributed by atoms with van der Waals surface area (Å²) in [6.07, 6.45) is -14.0. The molecule has 0 bridgehead atoms. The molecule has 1 heterocycles. The third-order valence-corrected chi connectivity index (χ3v) is 3.65. The highest BCUT2D eigenvalue weighted by molar-refractivity contribution is 6.17. The zero-order valence-electron chi connectivity index (χ0n) is 13.8. The van der Waals surface area contributed by atoms with Gasteiger partial charge in [0.25, 0.3) is 5.50 Å². The highest BCUT2D eigenvalue weighted by Gasteiger charge is 2.70. The predicted molar refractivity (Wildman–Crippen MR) is 79.3 cm³/mol. The molecule has 6 radical (unpaired) electrons. The standard InChI is InChI=1S/C12H15B3F6N2O2/c1-9(2,3)23-6(13)4-22(5-7(23)14)8(24)25-10(15,11(16,17)18)12(19,20)21/h6-7H,4-5H2,1-3H3. The van der Waals surface area contributed by atoms with Gasteiger partial charge in [0.15, 0.2) is 7.85 Å². The van der Waals surface area contributed by atoms with Crippen LogP contribution in [-0.4, -0.2) is 87.8 Å². The molecule has 25 heavy (non-hydrogen) atoms. The van der Waals surface area contributed by atoms with Crippen LogP contribution in [0.2, 0.25) is 0 Å². The van der Waals surface area contributed by atoms with Crippen LogP contribution in [0.15, 0.2) is 0 Å². The van der Waals surface area contributed by atoms with Crippen molar-refractivity contribution in [1.82, 2.24) is 9.80 Å². The van der Waals surface area contributed by atoms with E-state index in [0.717, 1.165) is 0 Å². The molecule has 136 valence electrons. The fraction of sp³-hybridized carbons (Fsp3) is 0.917. The van der Waals surface area contributed by atoms with Gasteiger partial charge < -0.3 is 14.5 Å². The van der Waals surface area contributed by atoms with E-state index in [2.05, 4.69) is 12.6 Å². The molecule has 0 N–H and O–H groups in total. The topological polar surface area (TPSA) is 32.8 Å². The zero-order chi connectivity index (χ0) is 20.0. The van der Waals surface area contributed by atoms with Gasteiger partial charge in [-0.25, -0.2) is 4.79 Å². The Bertz CT molecular complexity index is 483. The number of hydrogen-bond donors (Lipinski definition) is 0. The molecule has 1 amide bonds. The van der Waals surface area contributed by atoms with Gasteiger partial charge >= 0.3 is 18.4 Å². The molecule has 1 fully saturated rings. The number of piperazine rings is 1. The van der Waals surface area contributed by atoms with Crippen LogP contribution in [-0.2, 0) is 4.74 Å². The first-order valence-electron chi connectivity index (χ1n) is 7.11. The monoisotopic (exact) mass is 366 g/mol. The summed E-state index contributed by atoms with van der Waals surface area (Å²) in [5, 5.41) is 0. The second kappa shape index (κ2) is 6.62. The van der Waals surface area contributed by atoms with E-state index in [1.54, 1.807) is 25.7 Å². The van der Waals surface area contributed by atoms with Gasteiger partial charge in [-0.3, -0.25) is 0 Å². The highest BCUT2D eigenvalue weighted by Crippen LogP contribution is 2.44. The smallest absolute Gasteiger partial charge is 0.427 e. The molecule has 1 aliphatic rings. The summed E-state index contributed by atoms with van der Waals surface area (Å²) in [5.74, 6) is -1.83. The van der Waals surface area contributed by atoms with E-state index in [1.165, 1.54) is 0 Å². The number of hydrogen-bond acceptors (Lipinski definition) is 3. The van der Waals surface area contributed by atoms with E-state index in [4.69, 9.17) is 15.7 Å². The van der Waals surface area contributed by atoms with Crippen molar-refractivity contribution in [3.63, 3.8) is 0 Å². The van der Waals surface area contributed by atoms with Crippen molar-refractivity contribution >= 4 is 29.6 Å². The van der Waals surface area contributed by atoms with Gasteiger partial charge in [0.2, 0.25) is 0 Å². The van der Waals surface area contributed by atoms with E-state index in [9.17, 15) is 31.1 Å². The van der Waals surface area contributed by atoms with Crippen LogP contribution in [0.1, 0.15) is 20.8 Å². The normalized spacial score (nSPS) is 24.3. The largest absolute Gasteiger partial charge is 0.434 e. The Morgan fingerprint density at radius 2 is 1.32 bits per heavy atom. The molecule has 0 aromatic heterocycles. The molecule has 2 atom stereocenters. The second-order valence-corrected chi connectivity index (χ2v) is 6.72. The lowest BCUT2D eigenvalue weighted by Gasteiger charge is -2.51. The van der Waals surface area contributed by atoms with Gasteiger partial charge in [0.05, 0.1) is 15.7 Å². The predicted octanol–water partition coefficient (Wildman–Crippen LogP) is 1.52. The van der Waals surface area contributed by atoms with Crippen LogP contribution in [0.4, 0.5) is 31.1 Å². The zero-order valence-corrected chi connectivity index (χ0v) is 13.8. The number of nitrogens with zero attached hydrogens (tertiary/aromatic N) is 2. The first kappa shape index (κ1) is 22.0. The van der Waals surface area contributed by atoms with E-state index >= 15 is 0 Å². The van der Waals surface area contributed by atoms with Crippen LogP contribution >= 0.6 is 0 Å². The minimum absolute atomic E-state index is 0.379. The van der Waals surface area contributed by atoms with E-state index in [0.29, 0.717) is 4.90 Å². The second-order valence-electron chi connectivity index (χ2n) is 6.72. The van der Waals surface area contributed by atoms with Gasteiger partial charge in [-0.15, -0.1) is 0 Å². The Balaban J connectivity index is 2.99. The molecule has 1 rings (SSSR count). The summed E-state index contributed by atoms with van der Waals surface area (Å²) < 4.78 is 79.8. The third-order valence-electron chi connectivity index (χ3n) is 3.65. The van der Waals surface area contributed by atoms with Gasteiger partial charge in [-0.05, 0) is 32.7 Å².